The second-order valence-corrected chi connectivity index (χ2v) is 5.08. The number of hydrogen-bond donors (Lipinski definition) is 1. The topological polar surface area (TPSA) is 76.5 Å². The van der Waals surface area contributed by atoms with Gasteiger partial charge in [-0.1, -0.05) is 0 Å². The van der Waals surface area contributed by atoms with Crippen molar-refractivity contribution in [2.24, 2.45) is 0 Å². The molecule has 0 bridgehead atoms. The Morgan fingerprint density at radius 1 is 1.30 bits per heavy atom. The Hall–Kier alpha value is -2.10. The number of ether oxygens (including phenoxy) is 1. The maximum absolute atomic E-state index is 12.0. The number of halogens is 3. The molecule has 0 aliphatic carbocycles. The van der Waals surface area contributed by atoms with Crippen molar-refractivity contribution >= 4 is 17.5 Å². The summed E-state index contributed by atoms with van der Waals surface area (Å²) >= 11 is 0. The first kappa shape index (κ1) is 17.3. The summed E-state index contributed by atoms with van der Waals surface area (Å²) in [7, 11) is 0. The molecule has 2 amide bonds. The fourth-order valence-electron chi connectivity index (χ4n) is 2.04. The van der Waals surface area contributed by atoms with Crippen LogP contribution in [0, 0.1) is 0 Å². The molecule has 128 valence electrons. The van der Waals surface area contributed by atoms with Gasteiger partial charge in [-0.15, -0.1) is 0 Å². The van der Waals surface area contributed by atoms with Crippen LogP contribution in [0.4, 0.5) is 18.9 Å². The van der Waals surface area contributed by atoms with Gasteiger partial charge in [0.25, 0.3) is 0 Å². The third-order valence-electron chi connectivity index (χ3n) is 3.21. The van der Waals surface area contributed by atoms with Gasteiger partial charge in [0.2, 0.25) is 11.8 Å². The van der Waals surface area contributed by atoms with E-state index in [9.17, 15) is 22.8 Å². The lowest BCUT2D eigenvalue weighted by Gasteiger charge is -2.26. The molecule has 0 spiro atoms. The summed E-state index contributed by atoms with van der Waals surface area (Å²) in [6.07, 6.45) is -3.50. The monoisotopic (exact) mass is 334 g/mol. The van der Waals surface area contributed by atoms with E-state index in [2.05, 4.69) is 10.4 Å². The molecular weight excluding hydrogens is 317 g/mol. The number of carbonyl (C=O) groups is 2. The Kier molecular flexibility index (Phi) is 5.59. The molecule has 1 aromatic heterocycles. The summed E-state index contributed by atoms with van der Waals surface area (Å²) in [6.45, 7) is 2.01. The molecule has 0 saturated carbocycles. The first-order valence-electron chi connectivity index (χ1n) is 7.08. The third-order valence-corrected chi connectivity index (χ3v) is 3.21. The van der Waals surface area contributed by atoms with Crippen LogP contribution in [0.25, 0.3) is 0 Å². The summed E-state index contributed by atoms with van der Waals surface area (Å²) in [4.78, 5) is 25.1. The molecule has 0 radical (unpaired) electrons. The highest BCUT2D eigenvalue weighted by molar-refractivity contribution is 5.90. The van der Waals surface area contributed by atoms with Crippen LogP contribution < -0.4 is 5.32 Å². The van der Waals surface area contributed by atoms with E-state index in [1.54, 1.807) is 4.90 Å². The molecule has 1 aromatic rings. The van der Waals surface area contributed by atoms with Gasteiger partial charge in [0.15, 0.2) is 0 Å². The molecule has 1 aliphatic heterocycles. The summed E-state index contributed by atoms with van der Waals surface area (Å²) in [5.74, 6) is -0.882. The summed E-state index contributed by atoms with van der Waals surface area (Å²) in [5, 5.41) is 6.23. The molecule has 23 heavy (non-hydrogen) atoms. The van der Waals surface area contributed by atoms with Crippen LogP contribution in [0.5, 0.6) is 0 Å². The summed E-state index contributed by atoms with van der Waals surface area (Å²) in [6, 6.07) is 0. The number of rotatable bonds is 5. The van der Waals surface area contributed by atoms with Crippen molar-refractivity contribution in [2.75, 3.05) is 31.6 Å². The van der Waals surface area contributed by atoms with Gasteiger partial charge < -0.3 is 15.0 Å². The number of hydrogen-bond acceptors (Lipinski definition) is 4. The van der Waals surface area contributed by atoms with E-state index in [-0.39, 0.29) is 18.1 Å². The van der Waals surface area contributed by atoms with Crippen LogP contribution in [0.2, 0.25) is 0 Å². The zero-order valence-corrected chi connectivity index (χ0v) is 12.3. The number of amides is 2. The summed E-state index contributed by atoms with van der Waals surface area (Å²) in [5.41, 5.74) is 0.256. The molecule has 0 unspecified atom stereocenters. The number of morpholine rings is 1. The maximum Gasteiger partial charge on any atom is 0.389 e. The van der Waals surface area contributed by atoms with E-state index in [0.29, 0.717) is 26.3 Å². The molecular formula is C13H17F3N4O3. The second kappa shape index (κ2) is 7.44. The van der Waals surface area contributed by atoms with Gasteiger partial charge in [0.05, 0.1) is 31.5 Å². The molecule has 1 fully saturated rings. The molecule has 0 aromatic carbocycles. The largest absolute Gasteiger partial charge is 0.389 e. The van der Waals surface area contributed by atoms with Crippen molar-refractivity contribution in [1.82, 2.24) is 14.7 Å². The zero-order chi connectivity index (χ0) is 16.9. The molecule has 1 aliphatic rings. The number of carbonyl (C=O) groups excluding carboxylic acids is 2. The van der Waals surface area contributed by atoms with Crippen molar-refractivity contribution in [1.29, 1.82) is 0 Å². The third kappa shape index (κ3) is 5.89. The van der Waals surface area contributed by atoms with Crippen molar-refractivity contribution in [3.8, 4) is 0 Å². The van der Waals surface area contributed by atoms with Crippen molar-refractivity contribution in [3.05, 3.63) is 12.4 Å². The lowest BCUT2D eigenvalue weighted by atomic mass is 10.3. The fourth-order valence-corrected chi connectivity index (χ4v) is 2.04. The first-order chi connectivity index (χ1) is 10.8. The minimum Gasteiger partial charge on any atom is -0.378 e. The molecule has 1 N–H and O–H groups in total. The van der Waals surface area contributed by atoms with Crippen LogP contribution in [0.3, 0.4) is 0 Å². The van der Waals surface area contributed by atoms with Crippen LogP contribution >= 0.6 is 0 Å². The predicted octanol–water partition coefficient (Wildman–Crippen LogP) is 1.02. The Bertz CT molecular complexity index is 553. The van der Waals surface area contributed by atoms with E-state index >= 15 is 0 Å². The van der Waals surface area contributed by atoms with Gasteiger partial charge in [0.1, 0.15) is 6.54 Å². The van der Waals surface area contributed by atoms with Gasteiger partial charge >= 0.3 is 6.18 Å². The van der Waals surface area contributed by atoms with Crippen LogP contribution in [0.15, 0.2) is 12.4 Å². The van der Waals surface area contributed by atoms with E-state index in [1.165, 1.54) is 17.1 Å². The van der Waals surface area contributed by atoms with Crippen molar-refractivity contribution < 1.29 is 27.5 Å². The zero-order valence-electron chi connectivity index (χ0n) is 12.3. The Labute approximate surface area is 130 Å². The number of anilines is 1. The second-order valence-electron chi connectivity index (χ2n) is 5.08. The number of aromatic nitrogens is 2. The Morgan fingerprint density at radius 2 is 2.00 bits per heavy atom. The van der Waals surface area contributed by atoms with Crippen LogP contribution in [-0.4, -0.2) is 59.0 Å². The summed E-state index contributed by atoms with van der Waals surface area (Å²) < 4.78 is 42.6. The van der Waals surface area contributed by atoms with E-state index < -0.39 is 24.9 Å². The van der Waals surface area contributed by atoms with Crippen molar-refractivity contribution in [3.63, 3.8) is 0 Å². The average molecular weight is 334 g/mol. The predicted molar refractivity (Wildman–Crippen MR) is 73.5 cm³/mol. The molecule has 7 nitrogen and oxygen atoms in total. The highest BCUT2D eigenvalue weighted by atomic mass is 19.4. The van der Waals surface area contributed by atoms with Gasteiger partial charge in [-0.05, 0) is 0 Å². The highest BCUT2D eigenvalue weighted by Crippen LogP contribution is 2.21. The van der Waals surface area contributed by atoms with Crippen molar-refractivity contribution in [2.45, 2.75) is 25.6 Å². The quantitative estimate of drug-likeness (QED) is 0.872. The number of nitrogens with one attached hydrogen (secondary N) is 1. The fraction of sp³-hybridized carbons (Fsp3) is 0.615. The van der Waals surface area contributed by atoms with Gasteiger partial charge in [0, 0.05) is 25.7 Å². The lowest BCUT2D eigenvalue weighted by molar-refractivity contribution is -0.142. The standard InChI is InChI=1S/C13H17F3N4O3/c14-13(15,16)2-1-11(21)18-10-7-17-20(8-10)9-12(22)19-3-5-23-6-4-19/h7-8H,1-6,9H2,(H,18,21). The maximum atomic E-state index is 12.0. The normalized spacial score (nSPS) is 15.5. The number of nitrogens with zero attached hydrogens (tertiary/aromatic N) is 3. The number of alkyl halides is 3. The Balaban J connectivity index is 1.80. The molecule has 0 atom stereocenters. The molecule has 10 heteroatoms. The highest BCUT2D eigenvalue weighted by Gasteiger charge is 2.28. The molecule has 2 heterocycles. The average Bonchev–Trinajstić information content (AvgIpc) is 2.92. The smallest absolute Gasteiger partial charge is 0.378 e. The Morgan fingerprint density at radius 3 is 2.65 bits per heavy atom. The van der Waals surface area contributed by atoms with Crippen LogP contribution in [-0.2, 0) is 20.9 Å². The molecule has 2 rings (SSSR count). The van der Waals surface area contributed by atoms with Gasteiger partial charge in [-0.25, -0.2) is 0 Å². The first-order valence-corrected chi connectivity index (χ1v) is 7.08. The minimum absolute atomic E-state index is 0.00157. The van der Waals surface area contributed by atoms with E-state index in [1.807, 2.05) is 0 Å². The van der Waals surface area contributed by atoms with E-state index in [0.717, 1.165) is 0 Å². The minimum atomic E-state index is -4.37. The SMILES string of the molecule is O=C(CCC(F)(F)F)Nc1cnn(CC(=O)N2CCOCC2)c1. The van der Waals surface area contributed by atoms with Crippen LogP contribution in [0.1, 0.15) is 12.8 Å². The lowest BCUT2D eigenvalue weighted by Crippen LogP contribution is -2.42. The van der Waals surface area contributed by atoms with Gasteiger partial charge in [-0.2, -0.15) is 18.3 Å². The van der Waals surface area contributed by atoms with E-state index in [4.69, 9.17) is 4.74 Å². The molecule has 1 saturated heterocycles. The van der Waals surface area contributed by atoms with Gasteiger partial charge in [-0.3, -0.25) is 14.3 Å².